The summed E-state index contributed by atoms with van der Waals surface area (Å²) in [7, 11) is 0. The molecule has 0 aliphatic rings. The number of phenols is 4. The zero-order chi connectivity index (χ0) is 22.5. The topological polar surface area (TPSA) is 90.2 Å². The second-order valence-corrected chi connectivity index (χ2v) is 8.40. The fraction of sp³-hybridized carbons (Fsp3) is 0.308. The van der Waals surface area contributed by atoms with Crippen LogP contribution in [0.2, 0.25) is 0 Å². The van der Waals surface area contributed by atoms with Gasteiger partial charge < -0.3 is 25.2 Å². The molecule has 2 unspecified atom stereocenters. The third kappa shape index (κ3) is 5.85. The first kappa shape index (κ1) is 22.3. The Morgan fingerprint density at radius 1 is 0.645 bits per heavy atom. The fourth-order valence-corrected chi connectivity index (χ4v) is 3.61. The lowest BCUT2D eigenvalue weighted by molar-refractivity contribution is 0.288. The van der Waals surface area contributed by atoms with Crippen LogP contribution in [0.4, 0.5) is 0 Å². The van der Waals surface area contributed by atoms with Crippen molar-refractivity contribution in [1.82, 2.24) is 0 Å². The van der Waals surface area contributed by atoms with Gasteiger partial charge in [-0.1, -0.05) is 32.0 Å². The van der Waals surface area contributed by atoms with Crippen molar-refractivity contribution in [1.29, 1.82) is 0 Å². The van der Waals surface area contributed by atoms with Crippen LogP contribution in [0.15, 0.2) is 54.6 Å². The highest BCUT2D eigenvalue weighted by Crippen LogP contribution is 2.31. The summed E-state index contributed by atoms with van der Waals surface area (Å²) in [6.07, 6.45) is 1.61. The Morgan fingerprint density at radius 2 is 1.19 bits per heavy atom. The molecule has 0 heterocycles. The third-order valence-electron chi connectivity index (χ3n) is 5.81. The first-order chi connectivity index (χ1) is 14.7. The van der Waals surface area contributed by atoms with E-state index in [2.05, 4.69) is 13.8 Å². The van der Waals surface area contributed by atoms with E-state index in [-0.39, 0.29) is 23.0 Å². The maximum Gasteiger partial charge on any atom is 0.161 e. The van der Waals surface area contributed by atoms with Crippen LogP contribution in [0.5, 0.6) is 28.7 Å². The van der Waals surface area contributed by atoms with Crippen molar-refractivity contribution in [2.24, 2.45) is 11.8 Å². The largest absolute Gasteiger partial charge is 0.508 e. The fourth-order valence-electron chi connectivity index (χ4n) is 3.61. The lowest BCUT2D eigenvalue weighted by Crippen LogP contribution is -2.13. The SMILES string of the molecule is Cc1cc(COc2cc(CC(C)C(C)Cc3ccc(O)c(O)c3)ccc2O)ccc1O. The molecule has 164 valence electrons. The first-order valence-electron chi connectivity index (χ1n) is 10.5. The normalized spacial score (nSPS) is 13.0. The van der Waals surface area contributed by atoms with Crippen LogP contribution >= 0.6 is 0 Å². The third-order valence-corrected chi connectivity index (χ3v) is 5.81. The van der Waals surface area contributed by atoms with Crippen molar-refractivity contribution in [2.45, 2.75) is 40.2 Å². The molecule has 4 N–H and O–H groups in total. The molecule has 3 aromatic carbocycles. The van der Waals surface area contributed by atoms with Gasteiger partial charge in [0.2, 0.25) is 0 Å². The summed E-state index contributed by atoms with van der Waals surface area (Å²) in [5.41, 5.74) is 3.75. The number of benzene rings is 3. The molecule has 0 saturated heterocycles. The van der Waals surface area contributed by atoms with Crippen molar-refractivity contribution < 1.29 is 25.2 Å². The summed E-state index contributed by atoms with van der Waals surface area (Å²) in [4.78, 5) is 0. The van der Waals surface area contributed by atoms with E-state index >= 15 is 0 Å². The number of aryl methyl sites for hydroxylation is 1. The highest BCUT2D eigenvalue weighted by molar-refractivity contribution is 5.43. The summed E-state index contributed by atoms with van der Waals surface area (Å²) >= 11 is 0. The van der Waals surface area contributed by atoms with Gasteiger partial charge >= 0.3 is 0 Å². The summed E-state index contributed by atoms with van der Waals surface area (Å²) < 4.78 is 5.84. The van der Waals surface area contributed by atoms with Gasteiger partial charge in [0.1, 0.15) is 12.4 Å². The first-order valence-corrected chi connectivity index (χ1v) is 10.5. The molecule has 5 nitrogen and oxygen atoms in total. The van der Waals surface area contributed by atoms with Gasteiger partial charge in [0.05, 0.1) is 0 Å². The molecule has 0 bridgehead atoms. The van der Waals surface area contributed by atoms with Gasteiger partial charge in [-0.25, -0.2) is 0 Å². The van der Waals surface area contributed by atoms with Crippen LogP contribution in [0.25, 0.3) is 0 Å². The molecule has 3 rings (SSSR count). The molecular weight excluding hydrogens is 392 g/mol. The van der Waals surface area contributed by atoms with Crippen molar-refractivity contribution in [3.8, 4) is 28.7 Å². The average Bonchev–Trinajstić information content (AvgIpc) is 2.73. The van der Waals surface area contributed by atoms with E-state index in [1.807, 2.05) is 31.2 Å². The van der Waals surface area contributed by atoms with Crippen molar-refractivity contribution >= 4 is 0 Å². The second-order valence-electron chi connectivity index (χ2n) is 8.40. The average molecular weight is 423 g/mol. The summed E-state index contributed by atoms with van der Waals surface area (Å²) in [6, 6.07) is 15.7. The Labute approximate surface area is 183 Å². The Hall–Kier alpha value is -3.34. The number of hydrogen-bond donors (Lipinski definition) is 4. The molecule has 0 radical (unpaired) electrons. The molecule has 0 fully saturated rings. The van der Waals surface area contributed by atoms with Crippen LogP contribution in [0.1, 0.15) is 36.1 Å². The molecule has 31 heavy (non-hydrogen) atoms. The predicted molar refractivity (Wildman–Crippen MR) is 121 cm³/mol. The van der Waals surface area contributed by atoms with E-state index in [0.29, 0.717) is 24.2 Å². The van der Waals surface area contributed by atoms with Crippen molar-refractivity contribution in [2.75, 3.05) is 0 Å². The van der Waals surface area contributed by atoms with Gasteiger partial charge in [-0.15, -0.1) is 0 Å². The molecule has 0 aliphatic heterocycles. The molecular formula is C26H30O5. The summed E-state index contributed by atoms with van der Waals surface area (Å²) in [6.45, 7) is 6.48. The molecule has 3 aromatic rings. The number of rotatable bonds is 8. The van der Waals surface area contributed by atoms with Gasteiger partial charge in [-0.05, 0) is 90.3 Å². The van der Waals surface area contributed by atoms with E-state index in [9.17, 15) is 20.4 Å². The lowest BCUT2D eigenvalue weighted by Gasteiger charge is -2.21. The van der Waals surface area contributed by atoms with Gasteiger partial charge in [0.25, 0.3) is 0 Å². The van der Waals surface area contributed by atoms with Crippen LogP contribution in [0.3, 0.4) is 0 Å². The molecule has 0 saturated carbocycles. The minimum atomic E-state index is -0.108. The smallest absolute Gasteiger partial charge is 0.161 e. The van der Waals surface area contributed by atoms with E-state index in [4.69, 9.17) is 4.74 Å². The van der Waals surface area contributed by atoms with Crippen LogP contribution < -0.4 is 4.74 Å². The van der Waals surface area contributed by atoms with Crippen molar-refractivity contribution in [3.05, 3.63) is 76.9 Å². The van der Waals surface area contributed by atoms with E-state index < -0.39 is 0 Å². The zero-order valence-electron chi connectivity index (χ0n) is 18.2. The minimum absolute atomic E-state index is 0.0958. The highest BCUT2D eigenvalue weighted by Gasteiger charge is 2.16. The van der Waals surface area contributed by atoms with Gasteiger partial charge in [-0.3, -0.25) is 0 Å². The molecule has 2 atom stereocenters. The summed E-state index contributed by atoms with van der Waals surface area (Å²) in [5, 5.41) is 39.0. The van der Waals surface area contributed by atoms with Crippen LogP contribution in [-0.4, -0.2) is 20.4 Å². The van der Waals surface area contributed by atoms with Crippen molar-refractivity contribution in [3.63, 3.8) is 0 Å². The Balaban J connectivity index is 1.63. The quantitative estimate of drug-likeness (QED) is 0.362. The number of aromatic hydroxyl groups is 4. The molecule has 0 amide bonds. The Kier molecular flexibility index (Phi) is 6.95. The summed E-state index contributed by atoms with van der Waals surface area (Å²) in [5.74, 6) is 1.28. The van der Waals surface area contributed by atoms with Gasteiger partial charge in [0, 0.05) is 0 Å². The lowest BCUT2D eigenvalue weighted by atomic mass is 9.85. The highest BCUT2D eigenvalue weighted by atomic mass is 16.5. The zero-order valence-corrected chi connectivity index (χ0v) is 18.2. The molecule has 0 spiro atoms. The second kappa shape index (κ2) is 9.65. The standard InChI is InChI=1S/C26H30O5/c1-16(10-19-4-8-23(28)25(30)13-19)17(2)11-20-5-9-24(29)26(14-20)31-15-21-6-7-22(27)18(3)12-21/h4-9,12-14,16-17,27-30H,10-11,15H2,1-3H3. The van der Waals surface area contributed by atoms with E-state index in [0.717, 1.165) is 35.1 Å². The molecule has 0 aromatic heterocycles. The predicted octanol–water partition coefficient (Wildman–Crippen LogP) is 5.45. The van der Waals surface area contributed by atoms with E-state index in [1.165, 1.54) is 6.07 Å². The van der Waals surface area contributed by atoms with Crippen LogP contribution in [-0.2, 0) is 19.4 Å². The number of phenolic OH excluding ortho intramolecular Hbond substituents is 4. The van der Waals surface area contributed by atoms with E-state index in [1.54, 1.807) is 24.3 Å². The monoisotopic (exact) mass is 422 g/mol. The molecule has 5 heteroatoms. The maximum absolute atomic E-state index is 10.2. The molecule has 0 aliphatic carbocycles. The number of ether oxygens (including phenoxy) is 1. The van der Waals surface area contributed by atoms with Gasteiger partial charge in [-0.2, -0.15) is 0 Å². The Morgan fingerprint density at radius 3 is 1.81 bits per heavy atom. The Bertz CT molecular complexity index is 1040. The maximum atomic E-state index is 10.2. The minimum Gasteiger partial charge on any atom is -0.508 e. The van der Waals surface area contributed by atoms with Gasteiger partial charge in [0.15, 0.2) is 23.0 Å². The van der Waals surface area contributed by atoms with Crippen LogP contribution in [0, 0.1) is 18.8 Å². The number of hydrogen-bond acceptors (Lipinski definition) is 5.